The Morgan fingerprint density at radius 3 is 1.58 bits per heavy atom. The molecule has 0 aromatic rings. The van der Waals surface area contributed by atoms with Gasteiger partial charge in [-0.3, -0.25) is 14.2 Å². The molecule has 0 spiro atoms. The predicted octanol–water partition coefficient (Wildman–Crippen LogP) is 10.7. The molecule has 0 N–H and O–H groups in total. The number of carbonyl (C=O) groups is 2. The molecule has 10 heteroatoms. The van der Waals surface area contributed by atoms with E-state index in [1.54, 1.807) is 0 Å². The molecule has 0 aliphatic rings. The van der Waals surface area contributed by atoms with E-state index in [0.717, 1.165) is 51.4 Å². The summed E-state index contributed by atoms with van der Waals surface area (Å²) in [4.78, 5) is 37.4. The first-order valence-electron chi connectivity index (χ1n) is 20.7. The normalized spacial score (nSPS) is 14.0. The number of carbonyl (C=O) groups excluding carboxylic acids is 2. The Kier molecular flexibility index (Phi) is 33.8. The Balaban J connectivity index is 4.48. The topological polar surface area (TPSA) is 111 Å². The van der Waals surface area contributed by atoms with Crippen LogP contribution in [0.15, 0.2) is 36.5 Å². The average Bonchev–Trinajstić information content (AvgIpc) is 3.09. The molecule has 52 heavy (non-hydrogen) atoms. The number of allylic oxidation sites excluding steroid dienone is 6. The van der Waals surface area contributed by atoms with Gasteiger partial charge in [-0.1, -0.05) is 121 Å². The standard InChI is InChI=1S/C42H78NO8P/c1-6-8-10-12-14-16-18-20-21-23-24-26-28-30-32-34-41(44)48-38-40(39-50-52(46,47)49-37-36-43(3,4)5)51-42(45)35-33-31-29-27-25-22-19-17-15-13-11-9-7-2/h20-22,24-26,40H,6-19,23,27-39H2,1-5H3/b21-20+,25-22+,26-24+/t40-/m1/s1. The molecule has 0 bridgehead atoms. The molecule has 0 fully saturated rings. The van der Waals surface area contributed by atoms with E-state index >= 15 is 0 Å². The minimum atomic E-state index is -4.63. The molecule has 304 valence electrons. The van der Waals surface area contributed by atoms with Crippen LogP contribution >= 0.6 is 7.82 Å². The summed E-state index contributed by atoms with van der Waals surface area (Å²) in [5, 5.41) is 0. The maximum absolute atomic E-state index is 12.6. The highest BCUT2D eigenvalue weighted by atomic mass is 31.2. The lowest BCUT2D eigenvalue weighted by atomic mass is 10.1. The van der Waals surface area contributed by atoms with Crippen LogP contribution in [-0.2, 0) is 32.7 Å². The fraction of sp³-hybridized carbons (Fsp3) is 0.810. The van der Waals surface area contributed by atoms with Crippen molar-refractivity contribution in [1.82, 2.24) is 0 Å². The van der Waals surface area contributed by atoms with E-state index in [9.17, 15) is 19.0 Å². The first kappa shape index (κ1) is 50.2. The van der Waals surface area contributed by atoms with Crippen molar-refractivity contribution in [2.75, 3.05) is 47.5 Å². The van der Waals surface area contributed by atoms with Gasteiger partial charge in [0.05, 0.1) is 27.7 Å². The number of quaternary nitrogens is 1. The van der Waals surface area contributed by atoms with E-state index in [0.29, 0.717) is 23.9 Å². The smallest absolute Gasteiger partial charge is 0.306 e. The molecular formula is C42H78NO8P. The molecule has 0 aromatic heterocycles. The van der Waals surface area contributed by atoms with Gasteiger partial charge in [0.1, 0.15) is 19.8 Å². The zero-order valence-corrected chi connectivity index (χ0v) is 34.9. The maximum atomic E-state index is 12.6. The number of hydrogen-bond donors (Lipinski definition) is 0. The van der Waals surface area contributed by atoms with Crippen molar-refractivity contribution >= 4 is 19.8 Å². The molecule has 0 saturated carbocycles. The van der Waals surface area contributed by atoms with Crippen molar-refractivity contribution in [3.8, 4) is 0 Å². The number of ether oxygens (including phenoxy) is 2. The maximum Gasteiger partial charge on any atom is 0.306 e. The third-order valence-electron chi connectivity index (χ3n) is 8.63. The highest BCUT2D eigenvalue weighted by Gasteiger charge is 2.21. The molecule has 0 saturated heterocycles. The van der Waals surface area contributed by atoms with Crippen molar-refractivity contribution in [2.24, 2.45) is 0 Å². The van der Waals surface area contributed by atoms with Crippen molar-refractivity contribution in [3.05, 3.63) is 36.5 Å². The largest absolute Gasteiger partial charge is 0.756 e. The number of esters is 2. The van der Waals surface area contributed by atoms with E-state index in [1.165, 1.54) is 77.0 Å². The number of nitrogens with zero attached hydrogens (tertiary/aromatic N) is 1. The van der Waals surface area contributed by atoms with Gasteiger partial charge in [0, 0.05) is 12.8 Å². The lowest BCUT2D eigenvalue weighted by Crippen LogP contribution is -2.37. The average molecular weight is 756 g/mol. The number of rotatable bonds is 37. The van der Waals surface area contributed by atoms with Crippen molar-refractivity contribution in [1.29, 1.82) is 0 Å². The van der Waals surface area contributed by atoms with E-state index in [2.05, 4.69) is 50.3 Å². The summed E-state index contributed by atoms with van der Waals surface area (Å²) in [6.45, 7) is 4.14. The molecule has 0 radical (unpaired) electrons. The highest BCUT2D eigenvalue weighted by molar-refractivity contribution is 7.45. The van der Waals surface area contributed by atoms with E-state index in [1.807, 2.05) is 21.1 Å². The molecule has 9 nitrogen and oxygen atoms in total. The second-order valence-corrected chi connectivity index (χ2v) is 16.4. The second kappa shape index (κ2) is 35.0. The van der Waals surface area contributed by atoms with E-state index in [4.69, 9.17) is 18.5 Å². The van der Waals surface area contributed by atoms with Gasteiger partial charge in [-0.2, -0.15) is 0 Å². The molecule has 1 unspecified atom stereocenters. The Hall–Kier alpha value is -1.77. The monoisotopic (exact) mass is 756 g/mol. The minimum Gasteiger partial charge on any atom is -0.756 e. The summed E-state index contributed by atoms with van der Waals surface area (Å²) < 4.78 is 33.7. The number of unbranched alkanes of at least 4 members (excludes halogenated alkanes) is 17. The zero-order valence-electron chi connectivity index (χ0n) is 34.0. The number of likely N-dealkylation sites (N-methyl/N-ethyl adjacent to an activating group) is 1. The summed E-state index contributed by atoms with van der Waals surface area (Å²) in [7, 11) is 1.14. The SMILES string of the molecule is CCCCCCCC/C=C/C/C=C/CCCCC(=O)OC[C@H](COP(=O)([O-])OCC[N+](C)(C)C)OC(=O)CCCCC/C=C/CCCCCCCC. The summed E-state index contributed by atoms with van der Waals surface area (Å²) in [5.74, 6) is -0.893. The third kappa shape index (κ3) is 38.0. The van der Waals surface area contributed by atoms with Crippen molar-refractivity contribution < 1.29 is 42.1 Å². The summed E-state index contributed by atoms with van der Waals surface area (Å²) in [6, 6.07) is 0. The predicted molar refractivity (Wildman–Crippen MR) is 213 cm³/mol. The second-order valence-electron chi connectivity index (χ2n) is 15.0. The Labute approximate surface area is 319 Å². The number of phosphoric acid groups is 1. The van der Waals surface area contributed by atoms with Crippen LogP contribution in [0.1, 0.15) is 168 Å². The fourth-order valence-corrected chi connectivity index (χ4v) is 6.05. The van der Waals surface area contributed by atoms with Crippen LogP contribution < -0.4 is 4.89 Å². The van der Waals surface area contributed by atoms with E-state index < -0.39 is 32.5 Å². The highest BCUT2D eigenvalue weighted by Crippen LogP contribution is 2.38. The Bertz CT molecular complexity index is 991. The third-order valence-corrected chi connectivity index (χ3v) is 9.60. The molecule has 0 rings (SSSR count). The van der Waals surface area contributed by atoms with Crippen molar-refractivity contribution in [2.45, 2.75) is 174 Å². The first-order valence-corrected chi connectivity index (χ1v) is 22.2. The number of hydrogen-bond acceptors (Lipinski definition) is 8. The first-order chi connectivity index (χ1) is 25.0. The molecule has 0 amide bonds. The summed E-state index contributed by atoms with van der Waals surface area (Å²) >= 11 is 0. The van der Waals surface area contributed by atoms with Gasteiger partial charge in [-0.15, -0.1) is 0 Å². The Morgan fingerprint density at radius 1 is 0.596 bits per heavy atom. The van der Waals surface area contributed by atoms with Crippen LogP contribution in [-0.4, -0.2) is 70.0 Å². The van der Waals surface area contributed by atoms with Crippen LogP contribution in [0.3, 0.4) is 0 Å². The minimum absolute atomic E-state index is 0.0386. The van der Waals surface area contributed by atoms with Crippen LogP contribution in [0, 0.1) is 0 Å². The summed E-state index contributed by atoms with van der Waals surface area (Å²) in [6.07, 6.45) is 37.5. The fourth-order valence-electron chi connectivity index (χ4n) is 5.32. The zero-order chi connectivity index (χ0) is 38.6. The molecule has 2 atom stereocenters. The van der Waals surface area contributed by atoms with Gasteiger partial charge in [-0.05, 0) is 70.6 Å². The van der Waals surface area contributed by atoms with Crippen LogP contribution in [0.5, 0.6) is 0 Å². The van der Waals surface area contributed by atoms with Crippen LogP contribution in [0.2, 0.25) is 0 Å². The van der Waals surface area contributed by atoms with Gasteiger partial charge < -0.3 is 27.9 Å². The van der Waals surface area contributed by atoms with Crippen molar-refractivity contribution in [3.63, 3.8) is 0 Å². The van der Waals surface area contributed by atoms with Crippen LogP contribution in [0.4, 0.5) is 0 Å². The van der Waals surface area contributed by atoms with Gasteiger partial charge in [0.15, 0.2) is 6.10 Å². The van der Waals surface area contributed by atoms with Crippen LogP contribution in [0.25, 0.3) is 0 Å². The number of phosphoric ester groups is 1. The Morgan fingerprint density at radius 2 is 1.04 bits per heavy atom. The van der Waals surface area contributed by atoms with Gasteiger partial charge in [0.2, 0.25) is 0 Å². The lowest BCUT2D eigenvalue weighted by Gasteiger charge is -2.28. The lowest BCUT2D eigenvalue weighted by molar-refractivity contribution is -0.870. The quantitative estimate of drug-likeness (QED) is 0.0203. The van der Waals surface area contributed by atoms with E-state index in [-0.39, 0.29) is 26.1 Å². The molecule has 0 aromatic carbocycles. The summed E-state index contributed by atoms with van der Waals surface area (Å²) in [5.41, 5.74) is 0. The van der Waals surface area contributed by atoms with Gasteiger partial charge in [0.25, 0.3) is 7.82 Å². The van der Waals surface area contributed by atoms with Gasteiger partial charge >= 0.3 is 11.9 Å². The van der Waals surface area contributed by atoms with Gasteiger partial charge in [-0.25, -0.2) is 0 Å². The molecular weight excluding hydrogens is 677 g/mol. The molecule has 0 aliphatic heterocycles. The molecule has 0 aliphatic carbocycles. The molecule has 0 heterocycles.